The van der Waals surface area contributed by atoms with Crippen molar-refractivity contribution >= 4 is 35.5 Å². The molecule has 0 fully saturated rings. The predicted molar refractivity (Wildman–Crippen MR) is 128 cm³/mol. The lowest BCUT2D eigenvalue weighted by molar-refractivity contribution is -0.143. The minimum absolute atomic E-state index is 0.0736. The summed E-state index contributed by atoms with van der Waals surface area (Å²) in [5.74, 6) is -1.95. The first-order valence-corrected chi connectivity index (χ1v) is 12.6. The molecule has 0 aliphatic heterocycles. The molecule has 0 saturated heterocycles. The number of hydrogen-bond acceptors (Lipinski definition) is 6. The van der Waals surface area contributed by atoms with E-state index in [9.17, 15) is 24.3 Å². The average molecular weight is 475 g/mol. The summed E-state index contributed by atoms with van der Waals surface area (Å²) >= 11 is 1.58. The molecular formula is C22H42N4O5S. The monoisotopic (exact) mass is 474 g/mol. The number of carboxylic acids is 1. The van der Waals surface area contributed by atoms with Crippen LogP contribution in [-0.4, -0.2) is 65.0 Å². The Balaban J connectivity index is 5.37. The number of hydrogen-bond donors (Lipinski definition) is 5. The van der Waals surface area contributed by atoms with Gasteiger partial charge < -0.3 is 26.8 Å². The second kappa shape index (κ2) is 15.1. The maximum Gasteiger partial charge on any atom is 0.326 e. The van der Waals surface area contributed by atoms with E-state index in [0.717, 1.165) is 5.75 Å². The fourth-order valence-corrected chi connectivity index (χ4v) is 3.59. The van der Waals surface area contributed by atoms with Gasteiger partial charge in [0.2, 0.25) is 17.7 Å². The Morgan fingerprint density at radius 2 is 1.31 bits per heavy atom. The third-order valence-corrected chi connectivity index (χ3v) is 5.52. The Morgan fingerprint density at radius 1 is 0.812 bits per heavy atom. The molecule has 0 spiro atoms. The van der Waals surface area contributed by atoms with E-state index in [1.54, 1.807) is 25.6 Å². The van der Waals surface area contributed by atoms with E-state index in [0.29, 0.717) is 12.8 Å². The standard InChI is InChI=1S/C22H42N4O5S/c1-12(2)10-16(24-19(27)15(23)8-9-32-7)20(28)26-18(14(5)6)21(29)25-17(22(30)31)11-13(3)4/h12-18H,8-11,23H2,1-7H3,(H,24,27)(H,25,29)(H,26,28)(H,30,31). The highest BCUT2D eigenvalue weighted by Crippen LogP contribution is 2.11. The summed E-state index contributed by atoms with van der Waals surface area (Å²) in [6.45, 7) is 11.1. The van der Waals surface area contributed by atoms with Gasteiger partial charge in [0.05, 0.1) is 6.04 Å². The molecule has 6 N–H and O–H groups in total. The molecule has 4 atom stereocenters. The van der Waals surface area contributed by atoms with Gasteiger partial charge in [0.1, 0.15) is 18.1 Å². The van der Waals surface area contributed by atoms with E-state index < -0.39 is 47.9 Å². The van der Waals surface area contributed by atoms with Gasteiger partial charge in [0, 0.05) is 0 Å². The third-order valence-electron chi connectivity index (χ3n) is 4.88. The molecule has 0 radical (unpaired) electrons. The van der Waals surface area contributed by atoms with E-state index in [1.165, 1.54) is 0 Å². The van der Waals surface area contributed by atoms with Gasteiger partial charge in [0.15, 0.2) is 0 Å². The first-order valence-electron chi connectivity index (χ1n) is 11.2. The van der Waals surface area contributed by atoms with Crippen LogP contribution in [0.4, 0.5) is 0 Å². The van der Waals surface area contributed by atoms with Crippen LogP contribution in [0.1, 0.15) is 60.8 Å². The molecule has 10 heteroatoms. The molecule has 0 bridgehead atoms. The van der Waals surface area contributed by atoms with Crippen LogP contribution in [0.25, 0.3) is 0 Å². The van der Waals surface area contributed by atoms with Crippen LogP contribution in [0.3, 0.4) is 0 Å². The van der Waals surface area contributed by atoms with Gasteiger partial charge in [-0.2, -0.15) is 11.8 Å². The zero-order valence-corrected chi connectivity index (χ0v) is 21.3. The summed E-state index contributed by atoms with van der Waals surface area (Å²) in [7, 11) is 0. The Morgan fingerprint density at radius 3 is 1.75 bits per heavy atom. The lowest BCUT2D eigenvalue weighted by Crippen LogP contribution is -2.58. The lowest BCUT2D eigenvalue weighted by Gasteiger charge is -2.28. The van der Waals surface area contributed by atoms with Crippen LogP contribution in [0.15, 0.2) is 0 Å². The van der Waals surface area contributed by atoms with Gasteiger partial charge in [-0.05, 0) is 49.0 Å². The summed E-state index contributed by atoms with van der Waals surface area (Å²) in [6, 6.07) is -3.54. The first kappa shape index (κ1) is 30.2. The SMILES string of the molecule is CSCCC(N)C(=O)NC(CC(C)C)C(=O)NC(C(=O)NC(CC(C)C)C(=O)O)C(C)C. The molecule has 3 amide bonds. The fourth-order valence-electron chi connectivity index (χ4n) is 3.10. The summed E-state index contributed by atoms with van der Waals surface area (Å²) in [5, 5.41) is 17.4. The van der Waals surface area contributed by atoms with E-state index >= 15 is 0 Å². The fraction of sp³-hybridized carbons (Fsp3) is 0.818. The molecule has 0 rings (SSSR count). The van der Waals surface area contributed by atoms with Crippen LogP contribution in [0, 0.1) is 17.8 Å². The van der Waals surface area contributed by atoms with Crippen molar-refractivity contribution in [2.45, 2.75) is 85.0 Å². The van der Waals surface area contributed by atoms with Crippen LogP contribution < -0.4 is 21.7 Å². The second-order valence-electron chi connectivity index (χ2n) is 9.34. The molecule has 0 aromatic carbocycles. The molecule has 0 aliphatic carbocycles. The van der Waals surface area contributed by atoms with Crippen molar-refractivity contribution in [2.24, 2.45) is 23.5 Å². The number of nitrogens with one attached hydrogen (secondary N) is 3. The molecule has 0 aliphatic rings. The van der Waals surface area contributed by atoms with Crippen LogP contribution in [0.2, 0.25) is 0 Å². The smallest absolute Gasteiger partial charge is 0.326 e. The van der Waals surface area contributed by atoms with E-state index in [-0.39, 0.29) is 24.2 Å². The van der Waals surface area contributed by atoms with Crippen molar-refractivity contribution in [2.75, 3.05) is 12.0 Å². The number of nitrogens with two attached hydrogens (primary N) is 1. The molecular weight excluding hydrogens is 432 g/mol. The van der Waals surface area contributed by atoms with Crippen molar-refractivity contribution < 1.29 is 24.3 Å². The Hall–Kier alpha value is -1.81. The van der Waals surface area contributed by atoms with Crippen LogP contribution in [0.5, 0.6) is 0 Å². The van der Waals surface area contributed by atoms with Crippen molar-refractivity contribution in [3.8, 4) is 0 Å². The number of thioether (sulfide) groups is 1. The topological polar surface area (TPSA) is 151 Å². The number of aliphatic carboxylic acids is 1. The van der Waals surface area contributed by atoms with Gasteiger partial charge >= 0.3 is 5.97 Å². The van der Waals surface area contributed by atoms with Gasteiger partial charge in [0.25, 0.3) is 0 Å². The number of carboxylic acid groups (broad SMARTS) is 1. The molecule has 0 saturated carbocycles. The predicted octanol–water partition coefficient (Wildman–Crippen LogP) is 1.35. The number of carbonyl (C=O) groups is 4. The minimum atomic E-state index is -1.12. The highest BCUT2D eigenvalue weighted by Gasteiger charge is 2.32. The molecule has 0 aromatic heterocycles. The quantitative estimate of drug-likeness (QED) is 0.240. The Bertz CT molecular complexity index is 627. The van der Waals surface area contributed by atoms with Crippen molar-refractivity contribution in [1.29, 1.82) is 0 Å². The van der Waals surface area contributed by atoms with Gasteiger partial charge in [-0.3, -0.25) is 14.4 Å². The Kier molecular flexibility index (Phi) is 14.2. The first-order chi connectivity index (χ1) is 14.8. The summed E-state index contributed by atoms with van der Waals surface area (Å²) in [5.41, 5.74) is 5.93. The highest BCUT2D eigenvalue weighted by atomic mass is 32.2. The molecule has 186 valence electrons. The normalized spacial score (nSPS) is 15.2. The number of rotatable bonds is 15. The average Bonchev–Trinajstić information content (AvgIpc) is 2.67. The van der Waals surface area contributed by atoms with Gasteiger partial charge in [-0.1, -0.05) is 41.5 Å². The molecule has 0 aromatic rings. The van der Waals surface area contributed by atoms with E-state index in [1.807, 2.05) is 34.0 Å². The van der Waals surface area contributed by atoms with Gasteiger partial charge in [-0.15, -0.1) is 0 Å². The zero-order valence-electron chi connectivity index (χ0n) is 20.4. The highest BCUT2D eigenvalue weighted by molar-refractivity contribution is 7.98. The maximum atomic E-state index is 13.0. The summed E-state index contributed by atoms with van der Waals surface area (Å²) < 4.78 is 0. The van der Waals surface area contributed by atoms with Crippen molar-refractivity contribution in [1.82, 2.24) is 16.0 Å². The van der Waals surface area contributed by atoms with Crippen molar-refractivity contribution in [3.05, 3.63) is 0 Å². The van der Waals surface area contributed by atoms with Crippen molar-refractivity contribution in [3.63, 3.8) is 0 Å². The Labute approximate surface area is 196 Å². The van der Waals surface area contributed by atoms with Crippen LogP contribution in [-0.2, 0) is 19.2 Å². The van der Waals surface area contributed by atoms with E-state index in [4.69, 9.17) is 5.73 Å². The van der Waals surface area contributed by atoms with E-state index in [2.05, 4.69) is 16.0 Å². The summed E-state index contributed by atoms with van der Waals surface area (Å²) in [6.07, 6.45) is 3.07. The zero-order chi connectivity index (χ0) is 25.0. The summed E-state index contributed by atoms with van der Waals surface area (Å²) in [4.78, 5) is 49.8. The molecule has 9 nitrogen and oxygen atoms in total. The number of carbonyl (C=O) groups excluding carboxylic acids is 3. The molecule has 32 heavy (non-hydrogen) atoms. The second-order valence-corrected chi connectivity index (χ2v) is 10.3. The number of amides is 3. The minimum Gasteiger partial charge on any atom is -0.480 e. The third kappa shape index (κ3) is 11.7. The molecule has 4 unspecified atom stereocenters. The van der Waals surface area contributed by atoms with Crippen LogP contribution >= 0.6 is 11.8 Å². The largest absolute Gasteiger partial charge is 0.480 e. The molecule has 0 heterocycles. The maximum absolute atomic E-state index is 13.0. The van der Waals surface area contributed by atoms with Gasteiger partial charge in [-0.25, -0.2) is 4.79 Å². The lowest BCUT2D eigenvalue weighted by atomic mass is 9.98.